The third-order valence-electron chi connectivity index (χ3n) is 3.78. The number of carbonyl (C=O) groups excluding carboxylic acids is 1. The number of anilines is 1. The number of hydrogen-bond donors (Lipinski definition) is 1. The summed E-state index contributed by atoms with van der Waals surface area (Å²) in [5.41, 5.74) is 0.341. The van der Waals surface area contributed by atoms with Crippen LogP contribution < -0.4 is 14.4 Å². The summed E-state index contributed by atoms with van der Waals surface area (Å²) in [7, 11) is -0.909. The van der Waals surface area contributed by atoms with Crippen LogP contribution in [0, 0.1) is 0 Å². The second kappa shape index (κ2) is 9.38. The van der Waals surface area contributed by atoms with E-state index in [9.17, 15) is 13.2 Å². The molecular formula is C19H24N2O5S. The molecule has 7 nitrogen and oxygen atoms in total. The number of ether oxygens (including phenoxy) is 2. The number of nitrogens with one attached hydrogen (secondary N) is 1. The first-order chi connectivity index (χ1) is 12.9. The van der Waals surface area contributed by atoms with Gasteiger partial charge in [-0.25, -0.2) is 8.42 Å². The highest BCUT2D eigenvalue weighted by atomic mass is 32.2. The summed E-state index contributed by atoms with van der Waals surface area (Å²) < 4.78 is 37.6. The molecule has 0 fully saturated rings. The highest BCUT2D eigenvalue weighted by Gasteiger charge is 2.27. The van der Waals surface area contributed by atoms with Gasteiger partial charge in [0.25, 0.3) is 10.0 Å². The second-order valence-electron chi connectivity index (χ2n) is 5.95. The van der Waals surface area contributed by atoms with Crippen LogP contribution in [0.2, 0.25) is 0 Å². The Morgan fingerprint density at radius 2 is 1.81 bits per heavy atom. The van der Waals surface area contributed by atoms with Crippen molar-refractivity contribution in [2.24, 2.45) is 0 Å². The van der Waals surface area contributed by atoms with Crippen LogP contribution >= 0.6 is 0 Å². The molecule has 0 aromatic heterocycles. The van der Waals surface area contributed by atoms with Crippen molar-refractivity contribution in [2.45, 2.75) is 17.9 Å². The molecule has 2 rings (SSSR count). The van der Waals surface area contributed by atoms with Crippen LogP contribution in [0.15, 0.2) is 59.5 Å². The molecule has 0 heterocycles. The Morgan fingerprint density at radius 3 is 2.44 bits per heavy atom. The Bertz CT molecular complexity index is 855. The van der Waals surface area contributed by atoms with E-state index < -0.39 is 15.9 Å². The quantitative estimate of drug-likeness (QED) is 0.706. The summed E-state index contributed by atoms with van der Waals surface area (Å²) in [5, 5.41) is 2.73. The molecule has 0 aliphatic rings. The number of amides is 1. The minimum atomic E-state index is -3.94. The van der Waals surface area contributed by atoms with E-state index in [1.807, 2.05) is 0 Å². The molecule has 0 aliphatic carbocycles. The van der Waals surface area contributed by atoms with Gasteiger partial charge in [0.1, 0.15) is 12.3 Å². The standard InChI is InChI=1S/C19H24N2O5S/c1-15(14-25-2)20-19(22)13-21(16-8-7-9-17(12-16)26-3)27(23,24)18-10-5-4-6-11-18/h4-12,15H,13-14H2,1-3H3,(H,20,22)/t15-/m1/s1. The van der Waals surface area contributed by atoms with E-state index in [-0.39, 0.29) is 17.5 Å². The van der Waals surface area contributed by atoms with Gasteiger partial charge >= 0.3 is 0 Å². The molecule has 2 aromatic rings. The van der Waals surface area contributed by atoms with Gasteiger partial charge in [0.2, 0.25) is 5.91 Å². The Hall–Kier alpha value is -2.58. The van der Waals surface area contributed by atoms with E-state index in [0.29, 0.717) is 18.0 Å². The molecule has 146 valence electrons. The normalized spacial score (nSPS) is 12.3. The van der Waals surface area contributed by atoms with Gasteiger partial charge < -0.3 is 14.8 Å². The summed E-state index contributed by atoms with van der Waals surface area (Å²) in [6.07, 6.45) is 0. The molecule has 2 aromatic carbocycles. The van der Waals surface area contributed by atoms with E-state index in [2.05, 4.69) is 5.32 Å². The summed E-state index contributed by atoms with van der Waals surface area (Å²) in [4.78, 5) is 12.5. The van der Waals surface area contributed by atoms with Gasteiger partial charge in [-0.05, 0) is 31.2 Å². The maximum Gasteiger partial charge on any atom is 0.264 e. The molecule has 1 atom stereocenters. The van der Waals surface area contributed by atoms with Crippen molar-refractivity contribution in [3.8, 4) is 5.75 Å². The molecule has 0 saturated heterocycles. The molecule has 8 heteroatoms. The zero-order chi connectivity index (χ0) is 19.9. The summed E-state index contributed by atoms with van der Waals surface area (Å²) in [6.45, 7) is 1.75. The molecule has 1 N–H and O–H groups in total. The van der Waals surface area contributed by atoms with Crippen molar-refractivity contribution >= 4 is 21.6 Å². The lowest BCUT2D eigenvalue weighted by molar-refractivity contribution is -0.120. The fourth-order valence-electron chi connectivity index (χ4n) is 2.54. The van der Waals surface area contributed by atoms with Gasteiger partial charge in [-0.2, -0.15) is 0 Å². The Kier molecular flexibility index (Phi) is 7.20. The minimum absolute atomic E-state index is 0.102. The SMILES string of the molecule is COC[C@@H](C)NC(=O)CN(c1cccc(OC)c1)S(=O)(=O)c1ccccc1. The zero-order valence-electron chi connectivity index (χ0n) is 15.6. The second-order valence-corrected chi connectivity index (χ2v) is 7.81. The van der Waals surface area contributed by atoms with Crippen LogP contribution in [0.25, 0.3) is 0 Å². The van der Waals surface area contributed by atoms with Crippen molar-refractivity contribution < 1.29 is 22.7 Å². The van der Waals surface area contributed by atoms with Gasteiger partial charge in [-0.3, -0.25) is 9.10 Å². The number of sulfonamides is 1. The first-order valence-electron chi connectivity index (χ1n) is 8.38. The van der Waals surface area contributed by atoms with Crippen molar-refractivity contribution in [1.29, 1.82) is 0 Å². The number of nitrogens with zero attached hydrogens (tertiary/aromatic N) is 1. The lowest BCUT2D eigenvalue weighted by Gasteiger charge is -2.25. The first kappa shape index (κ1) is 20.7. The van der Waals surface area contributed by atoms with Crippen LogP contribution in [0.5, 0.6) is 5.75 Å². The average Bonchev–Trinajstić information content (AvgIpc) is 2.67. The fourth-order valence-corrected chi connectivity index (χ4v) is 3.98. The van der Waals surface area contributed by atoms with E-state index in [1.165, 1.54) is 26.4 Å². The smallest absolute Gasteiger partial charge is 0.264 e. The topological polar surface area (TPSA) is 84.9 Å². The predicted molar refractivity (Wildman–Crippen MR) is 103 cm³/mol. The third kappa shape index (κ3) is 5.45. The van der Waals surface area contributed by atoms with Crippen molar-refractivity contribution in [3.05, 3.63) is 54.6 Å². The van der Waals surface area contributed by atoms with Crippen molar-refractivity contribution in [1.82, 2.24) is 5.32 Å². The maximum atomic E-state index is 13.2. The number of hydrogen-bond acceptors (Lipinski definition) is 5. The Balaban J connectivity index is 2.38. The monoisotopic (exact) mass is 392 g/mol. The molecule has 1 amide bonds. The summed E-state index contributed by atoms with van der Waals surface area (Å²) in [5.74, 6) is 0.0656. The molecule has 0 saturated carbocycles. The summed E-state index contributed by atoms with van der Waals surface area (Å²) in [6, 6.07) is 14.3. The van der Waals surface area contributed by atoms with E-state index in [4.69, 9.17) is 9.47 Å². The fraction of sp³-hybridized carbons (Fsp3) is 0.316. The van der Waals surface area contributed by atoms with Crippen LogP contribution in [-0.4, -0.2) is 47.7 Å². The number of carbonyl (C=O) groups is 1. The molecular weight excluding hydrogens is 368 g/mol. The maximum absolute atomic E-state index is 13.2. The Labute approximate surface area is 160 Å². The van der Waals surface area contributed by atoms with Crippen molar-refractivity contribution in [2.75, 3.05) is 31.7 Å². The molecule has 0 bridgehead atoms. The van der Waals surface area contributed by atoms with Crippen LogP contribution in [0.3, 0.4) is 0 Å². The number of rotatable bonds is 9. The van der Waals surface area contributed by atoms with Crippen LogP contribution in [0.1, 0.15) is 6.92 Å². The zero-order valence-corrected chi connectivity index (χ0v) is 16.4. The van der Waals surface area contributed by atoms with E-state index in [0.717, 1.165) is 4.31 Å². The highest BCUT2D eigenvalue weighted by molar-refractivity contribution is 7.92. The third-order valence-corrected chi connectivity index (χ3v) is 5.57. The minimum Gasteiger partial charge on any atom is -0.497 e. The van der Waals surface area contributed by atoms with Gasteiger partial charge in [-0.15, -0.1) is 0 Å². The molecule has 27 heavy (non-hydrogen) atoms. The largest absolute Gasteiger partial charge is 0.497 e. The van der Waals surface area contributed by atoms with Crippen molar-refractivity contribution in [3.63, 3.8) is 0 Å². The van der Waals surface area contributed by atoms with Crippen LogP contribution in [0.4, 0.5) is 5.69 Å². The summed E-state index contributed by atoms with van der Waals surface area (Å²) >= 11 is 0. The van der Waals surface area contributed by atoms with E-state index >= 15 is 0 Å². The average molecular weight is 392 g/mol. The van der Waals surface area contributed by atoms with Gasteiger partial charge in [0, 0.05) is 19.2 Å². The molecule has 0 spiro atoms. The van der Waals surface area contributed by atoms with Gasteiger partial charge in [-0.1, -0.05) is 24.3 Å². The molecule has 0 aliphatic heterocycles. The van der Waals surface area contributed by atoms with Gasteiger partial charge in [0.05, 0.1) is 24.3 Å². The lowest BCUT2D eigenvalue weighted by Crippen LogP contribution is -2.44. The van der Waals surface area contributed by atoms with E-state index in [1.54, 1.807) is 49.4 Å². The first-order valence-corrected chi connectivity index (χ1v) is 9.82. The highest BCUT2D eigenvalue weighted by Crippen LogP contribution is 2.26. The number of methoxy groups -OCH3 is 2. The number of benzene rings is 2. The lowest BCUT2D eigenvalue weighted by atomic mass is 10.3. The van der Waals surface area contributed by atoms with Crippen LogP contribution in [-0.2, 0) is 19.6 Å². The molecule has 0 radical (unpaired) electrons. The predicted octanol–water partition coefficient (Wildman–Crippen LogP) is 2.04. The Morgan fingerprint density at radius 1 is 1.11 bits per heavy atom. The van der Waals surface area contributed by atoms with Gasteiger partial charge in [0.15, 0.2) is 0 Å². The molecule has 0 unspecified atom stereocenters.